The smallest absolute Gasteiger partial charge is 0.394 e. The first-order valence-corrected chi connectivity index (χ1v) is 14.8. The van der Waals surface area contributed by atoms with Gasteiger partial charge < -0.3 is 15.2 Å². The number of amides is 1. The van der Waals surface area contributed by atoms with Gasteiger partial charge in [-0.1, -0.05) is 26.8 Å². The van der Waals surface area contributed by atoms with Gasteiger partial charge in [0.25, 0.3) is 5.91 Å². The number of rotatable bonds is 10. The Hall–Kier alpha value is -2.81. The molecule has 0 bridgehead atoms. The molecule has 0 unspecified atom stereocenters. The second kappa shape index (κ2) is 11.8. The minimum Gasteiger partial charge on any atom is -0.433 e. The Morgan fingerprint density at radius 3 is 2.37 bits per heavy atom. The number of imidazole rings is 1. The van der Waals surface area contributed by atoms with Crippen LogP contribution in [0.25, 0.3) is 5.69 Å². The van der Waals surface area contributed by atoms with E-state index in [9.17, 15) is 40.3 Å². The van der Waals surface area contributed by atoms with Crippen LogP contribution in [0.5, 0.6) is 5.75 Å². The van der Waals surface area contributed by atoms with Crippen LogP contribution in [0.4, 0.5) is 26.3 Å². The quantitative estimate of drug-likeness (QED) is 0.374. The lowest BCUT2D eigenvalue weighted by Gasteiger charge is -2.35. The highest BCUT2D eigenvalue weighted by atomic mass is 32.2. The summed E-state index contributed by atoms with van der Waals surface area (Å²) >= 11 is 0. The van der Waals surface area contributed by atoms with E-state index >= 15 is 4.39 Å². The molecule has 3 rings (SSSR count). The molecule has 8 nitrogen and oxygen atoms in total. The number of carbonyl (C=O) groups is 1. The van der Waals surface area contributed by atoms with Crippen LogP contribution in [0.3, 0.4) is 0 Å². The zero-order chi connectivity index (χ0) is 31.0. The number of nitrogens with one attached hydrogen (secondary N) is 1. The molecule has 0 spiro atoms. The van der Waals surface area contributed by atoms with E-state index in [1.165, 1.54) is 6.07 Å². The highest BCUT2D eigenvalue weighted by Crippen LogP contribution is 2.41. The van der Waals surface area contributed by atoms with E-state index in [1.807, 2.05) is 0 Å². The Morgan fingerprint density at radius 1 is 1.24 bits per heavy atom. The van der Waals surface area contributed by atoms with E-state index in [4.69, 9.17) is 0 Å². The number of aryl methyl sites for hydroxylation is 1. The van der Waals surface area contributed by atoms with Gasteiger partial charge in [0.15, 0.2) is 11.4 Å². The van der Waals surface area contributed by atoms with E-state index in [0.29, 0.717) is 0 Å². The third-order valence-electron chi connectivity index (χ3n) is 7.36. The Balaban J connectivity index is 1.89. The first-order chi connectivity index (χ1) is 18.8. The van der Waals surface area contributed by atoms with E-state index in [1.54, 1.807) is 6.92 Å². The van der Waals surface area contributed by atoms with Crippen molar-refractivity contribution in [3.05, 3.63) is 41.2 Å². The number of sulfone groups is 1. The van der Waals surface area contributed by atoms with Crippen molar-refractivity contribution in [2.24, 2.45) is 5.41 Å². The van der Waals surface area contributed by atoms with Crippen LogP contribution in [0, 0.1) is 11.4 Å². The molecule has 1 fully saturated rings. The molecular weight excluding hydrogens is 580 g/mol. The lowest BCUT2D eigenvalue weighted by molar-refractivity contribution is -0.211. The molecule has 230 valence electrons. The summed E-state index contributed by atoms with van der Waals surface area (Å²) in [7, 11) is -3.28. The maximum Gasteiger partial charge on any atom is 0.394 e. The second-order valence-electron chi connectivity index (χ2n) is 11.0. The molecule has 2 N–H and O–H groups in total. The number of aromatic nitrogens is 2. The van der Waals surface area contributed by atoms with Gasteiger partial charge in [-0.05, 0) is 49.8 Å². The van der Waals surface area contributed by atoms with Crippen molar-refractivity contribution in [3.63, 3.8) is 0 Å². The van der Waals surface area contributed by atoms with Crippen LogP contribution >= 0.6 is 0 Å². The fourth-order valence-corrected chi connectivity index (χ4v) is 5.88. The summed E-state index contributed by atoms with van der Waals surface area (Å²) in [5.41, 5.74) is -4.58. The van der Waals surface area contributed by atoms with Crippen LogP contribution < -0.4 is 10.1 Å². The van der Waals surface area contributed by atoms with Crippen molar-refractivity contribution < 1.29 is 49.4 Å². The molecule has 0 atom stereocenters. The maximum atomic E-state index is 15.6. The summed E-state index contributed by atoms with van der Waals surface area (Å²) in [5, 5.41) is 12.6. The molecule has 41 heavy (non-hydrogen) atoms. The number of alkyl halides is 5. The first kappa shape index (κ1) is 32.7. The summed E-state index contributed by atoms with van der Waals surface area (Å²) in [6.07, 6.45) is -3.42. The highest BCUT2D eigenvalue weighted by Gasteiger charge is 2.47. The van der Waals surface area contributed by atoms with Crippen molar-refractivity contribution >= 4 is 15.7 Å². The minimum absolute atomic E-state index is 0.0158. The van der Waals surface area contributed by atoms with Crippen molar-refractivity contribution in [3.8, 4) is 11.4 Å². The van der Waals surface area contributed by atoms with Crippen LogP contribution in [0.2, 0.25) is 0 Å². The molecule has 15 heteroatoms. The van der Waals surface area contributed by atoms with Crippen LogP contribution in [-0.2, 0) is 22.7 Å². The van der Waals surface area contributed by atoms with E-state index in [0.717, 1.165) is 36.8 Å². The average Bonchev–Trinajstić information content (AvgIpc) is 3.17. The molecule has 0 aliphatic heterocycles. The van der Waals surface area contributed by atoms with E-state index in [2.05, 4.69) is 15.0 Å². The summed E-state index contributed by atoms with van der Waals surface area (Å²) in [5.74, 6) is -2.89. The number of ether oxygens (including phenoxy) is 1. The largest absolute Gasteiger partial charge is 0.433 e. The predicted octanol–water partition coefficient (Wildman–Crippen LogP) is 4.75. The van der Waals surface area contributed by atoms with E-state index in [-0.39, 0.29) is 55.7 Å². The number of hydrogen-bond donors (Lipinski definition) is 2. The van der Waals surface area contributed by atoms with Gasteiger partial charge in [0.05, 0.1) is 22.0 Å². The molecule has 1 aliphatic carbocycles. The molecule has 1 aromatic carbocycles. The summed E-state index contributed by atoms with van der Waals surface area (Å²) in [4.78, 5) is 16.9. The molecule has 1 aromatic heterocycles. The van der Waals surface area contributed by atoms with Crippen LogP contribution in [0.15, 0.2) is 18.2 Å². The van der Waals surface area contributed by atoms with Gasteiger partial charge in [0.1, 0.15) is 15.7 Å². The Morgan fingerprint density at radius 2 is 1.85 bits per heavy atom. The molecule has 0 radical (unpaired) electrons. The molecule has 1 heterocycles. The van der Waals surface area contributed by atoms with Crippen molar-refractivity contribution in [1.29, 1.82) is 0 Å². The lowest BCUT2D eigenvalue weighted by atomic mass is 9.84. The van der Waals surface area contributed by atoms with Gasteiger partial charge in [0.2, 0.25) is 5.95 Å². The second-order valence-corrected chi connectivity index (χ2v) is 13.4. The SMILES string of the molecule is CCc1nc(C(=O)NC[C@]2(O)CC[C@@H](S(C)(=O)=O)CC2)c(F)n1-c1ccc(CC(C)(C)C(F)(F)F)cc1OC(F)F. The topological polar surface area (TPSA) is 111 Å². The van der Waals surface area contributed by atoms with Crippen molar-refractivity contribution in [1.82, 2.24) is 14.9 Å². The molecule has 0 saturated heterocycles. The zero-order valence-electron chi connectivity index (χ0n) is 23.0. The van der Waals surface area contributed by atoms with Gasteiger partial charge in [-0.3, -0.25) is 9.36 Å². The first-order valence-electron chi connectivity index (χ1n) is 12.9. The molecule has 1 amide bonds. The van der Waals surface area contributed by atoms with E-state index < -0.39 is 68.6 Å². The van der Waals surface area contributed by atoms with Gasteiger partial charge in [0, 0.05) is 19.2 Å². The number of halogens is 6. The van der Waals surface area contributed by atoms with Gasteiger partial charge >= 0.3 is 12.8 Å². The number of carbonyl (C=O) groups excluding carboxylic acids is 1. The fourth-order valence-electron chi connectivity index (χ4n) is 4.79. The molecule has 1 aliphatic rings. The minimum atomic E-state index is -4.58. The number of aliphatic hydroxyl groups is 1. The number of nitrogens with zero attached hydrogens (tertiary/aromatic N) is 2. The third-order valence-corrected chi connectivity index (χ3v) is 9.05. The Kier molecular flexibility index (Phi) is 9.43. The number of benzene rings is 1. The highest BCUT2D eigenvalue weighted by molar-refractivity contribution is 7.91. The monoisotopic (exact) mass is 613 g/mol. The normalized spacial score (nSPS) is 20.3. The maximum absolute atomic E-state index is 15.6. The Labute approximate surface area is 234 Å². The van der Waals surface area contributed by atoms with Crippen LogP contribution in [0.1, 0.15) is 68.3 Å². The molecular formula is C26H33F6N3O5S. The summed E-state index contributed by atoms with van der Waals surface area (Å²) < 4.78 is 111. The third kappa shape index (κ3) is 7.53. The zero-order valence-corrected chi connectivity index (χ0v) is 23.8. The molecule has 1 saturated carbocycles. The Bertz CT molecular complexity index is 1370. The van der Waals surface area contributed by atoms with Gasteiger partial charge in [-0.25, -0.2) is 13.4 Å². The van der Waals surface area contributed by atoms with Gasteiger partial charge in [-0.15, -0.1) is 0 Å². The summed E-state index contributed by atoms with van der Waals surface area (Å²) in [6.45, 7) is -0.204. The van der Waals surface area contributed by atoms with Crippen molar-refractivity contribution in [2.45, 2.75) is 82.9 Å². The standard InChI is InChI=1S/C26H33F6N3O5S/c1-5-19-34-20(22(36)33-14-25(37)10-8-16(9-11-25)41(4,38)39)21(27)35(19)17-7-6-15(12-18(17)40-23(28)29)13-24(2,3)26(30,31)32/h6-7,12,16,23,37H,5,8-11,13-14H2,1-4H3,(H,33,36)/t16-,25+. The number of hydrogen-bond acceptors (Lipinski definition) is 6. The summed E-state index contributed by atoms with van der Waals surface area (Å²) in [6, 6.07) is 3.31. The fraction of sp³-hybridized carbons (Fsp3) is 0.615. The average molecular weight is 614 g/mol. The van der Waals surface area contributed by atoms with Gasteiger partial charge in [-0.2, -0.15) is 26.3 Å². The lowest BCUT2D eigenvalue weighted by Crippen LogP contribution is -2.47. The van der Waals surface area contributed by atoms with Crippen LogP contribution in [-0.4, -0.2) is 65.4 Å². The molecule has 2 aromatic rings. The predicted molar refractivity (Wildman–Crippen MR) is 137 cm³/mol. The van der Waals surface area contributed by atoms with Crippen molar-refractivity contribution in [2.75, 3.05) is 12.8 Å².